The minimum Gasteiger partial charge on any atom is -0.369 e. The third-order valence-corrected chi connectivity index (χ3v) is 5.65. The van der Waals surface area contributed by atoms with Crippen LogP contribution in [0.5, 0.6) is 0 Å². The second-order valence-corrected chi connectivity index (χ2v) is 7.54. The van der Waals surface area contributed by atoms with Crippen LogP contribution in [0.4, 0.5) is 5.69 Å². The van der Waals surface area contributed by atoms with Gasteiger partial charge < -0.3 is 10.2 Å². The van der Waals surface area contributed by atoms with Crippen molar-refractivity contribution < 1.29 is 4.79 Å². The summed E-state index contributed by atoms with van der Waals surface area (Å²) >= 11 is 3.52. The van der Waals surface area contributed by atoms with Crippen LogP contribution in [-0.2, 0) is 11.3 Å². The lowest BCUT2D eigenvalue weighted by Gasteiger charge is -2.33. The molecule has 1 atom stereocenters. The van der Waals surface area contributed by atoms with E-state index < -0.39 is 0 Å². The number of hydrogen-bond acceptors (Lipinski definition) is 5. The molecule has 1 fully saturated rings. The molecule has 2 aromatic heterocycles. The monoisotopic (exact) mass is 425 g/mol. The maximum absolute atomic E-state index is 12.7. The van der Waals surface area contributed by atoms with E-state index in [9.17, 15) is 4.79 Å². The maximum atomic E-state index is 12.7. The van der Waals surface area contributed by atoms with E-state index in [0.717, 1.165) is 40.6 Å². The quantitative estimate of drug-likeness (QED) is 0.693. The van der Waals surface area contributed by atoms with Crippen molar-refractivity contribution in [2.24, 2.45) is 5.92 Å². The normalized spacial score (nSPS) is 17.1. The lowest BCUT2D eigenvalue weighted by Crippen LogP contribution is -2.43. The summed E-state index contributed by atoms with van der Waals surface area (Å²) in [5.74, 6) is 0.0720. The molecular formula is C20H20BrN5O. The van der Waals surface area contributed by atoms with Crippen molar-refractivity contribution in [3.8, 4) is 0 Å². The third kappa shape index (κ3) is 4.08. The molecule has 0 saturated carbocycles. The Bertz CT molecular complexity index is 964. The lowest BCUT2D eigenvalue weighted by molar-refractivity contribution is -0.125. The number of nitrogens with zero attached hydrogens (tertiary/aromatic N) is 4. The van der Waals surface area contributed by atoms with E-state index in [-0.39, 0.29) is 11.8 Å². The number of piperidine rings is 1. The van der Waals surface area contributed by atoms with Crippen molar-refractivity contribution in [1.82, 2.24) is 20.3 Å². The van der Waals surface area contributed by atoms with Crippen molar-refractivity contribution in [3.63, 3.8) is 0 Å². The number of anilines is 1. The Morgan fingerprint density at radius 3 is 2.96 bits per heavy atom. The molecule has 1 aromatic carbocycles. The van der Waals surface area contributed by atoms with Crippen molar-refractivity contribution in [1.29, 1.82) is 0 Å². The predicted molar refractivity (Wildman–Crippen MR) is 108 cm³/mol. The second-order valence-electron chi connectivity index (χ2n) is 6.69. The smallest absolute Gasteiger partial charge is 0.225 e. The zero-order chi connectivity index (χ0) is 18.6. The van der Waals surface area contributed by atoms with Gasteiger partial charge in [-0.05, 0) is 30.5 Å². The molecule has 0 radical (unpaired) electrons. The Morgan fingerprint density at radius 2 is 2.07 bits per heavy atom. The largest absolute Gasteiger partial charge is 0.369 e. The first-order chi connectivity index (χ1) is 13.2. The molecule has 0 bridgehead atoms. The molecule has 1 saturated heterocycles. The fraction of sp³-hybridized carbons (Fsp3) is 0.300. The fourth-order valence-corrected chi connectivity index (χ4v) is 3.84. The van der Waals surface area contributed by atoms with Crippen LogP contribution in [0, 0.1) is 5.92 Å². The van der Waals surface area contributed by atoms with E-state index >= 15 is 0 Å². The summed E-state index contributed by atoms with van der Waals surface area (Å²) in [6.07, 6.45) is 7.01. The van der Waals surface area contributed by atoms with Gasteiger partial charge in [0, 0.05) is 36.5 Å². The van der Waals surface area contributed by atoms with Gasteiger partial charge in [0.1, 0.15) is 5.52 Å². The van der Waals surface area contributed by atoms with Crippen molar-refractivity contribution in [2.45, 2.75) is 19.4 Å². The molecule has 138 valence electrons. The van der Waals surface area contributed by atoms with Crippen LogP contribution < -0.4 is 10.2 Å². The number of carbonyl (C=O) groups is 1. The van der Waals surface area contributed by atoms with Crippen LogP contribution in [0.15, 0.2) is 53.4 Å². The molecule has 6 nitrogen and oxygen atoms in total. The molecule has 27 heavy (non-hydrogen) atoms. The maximum Gasteiger partial charge on any atom is 0.225 e. The Hall–Kier alpha value is -2.54. The standard InChI is InChI=1S/C20H20BrN5O/c21-17-6-2-1-4-14(17)11-25-20(27)15-5-3-9-26(13-15)16-10-18-19(24-12-16)23-8-7-22-18/h1-2,4,6-8,10,12,15H,3,5,9,11,13H2,(H,25,27)/t15-/m1/s1. The summed E-state index contributed by atoms with van der Waals surface area (Å²) in [6, 6.07) is 9.94. The molecule has 7 heteroatoms. The first-order valence-electron chi connectivity index (χ1n) is 9.03. The summed E-state index contributed by atoms with van der Waals surface area (Å²) in [5.41, 5.74) is 3.48. The Kier molecular flexibility index (Phi) is 5.29. The SMILES string of the molecule is O=C(NCc1ccccc1Br)[C@@H]1CCCN(c2cnc3nccnc3c2)C1. The Balaban J connectivity index is 1.42. The molecule has 3 aromatic rings. The van der Waals surface area contributed by atoms with Crippen LogP contribution in [0.25, 0.3) is 11.2 Å². The molecule has 0 spiro atoms. The minimum atomic E-state index is -0.0289. The van der Waals surface area contributed by atoms with Gasteiger partial charge in [0.25, 0.3) is 0 Å². The van der Waals surface area contributed by atoms with Crippen molar-refractivity contribution >= 4 is 38.7 Å². The fourth-order valence-electron chi connectivity index (χ4n) is 3.41. The van der Waals surface area contributed by atoms with Gasteiger partial charge in [-0.3, -0.25) is 9.78 Å². The highest BCUT2D eigenvalue weighted by molar-refractivity contribution is 9.10. The van der Waals surface area contributed by atoms with Gasteiger partial charge >= 0.3 is 0 Å². The van der Waals surface area contributed by atoms with Crippen LogP contribution in [0.2, 0.25) is 0 Å². The number of carbonyl (C=O) groups excluding carboxylic acids is 1. The van der Waals surface area contributed by atoms with Crippen LogP contribution >= 0.6 is 15.9 Å². The second kappa shape index (κ2) is 8.00. The zero-order valence-corrected chi connectivity index (χ0v) is 16.4. The van der Waals surface area contributed by atoms with Gasteiger partial charge in [-0.15, -0.1) is 0 Å². The molecule has 0 aliphatic carbocycles. The first kappa shape index (κ1) is 17.9. The van der Waals surface area contributed by atoms with E-state index in [1.807, 2.05) is 36.5 Å². The highest BCUT2D eigenvalue weighted by atomic mass is 79.9. The predicted octanol–water partition coefficient (Wildman–Crippen LogP) is 3.32. The number of hydrogen-bond donors (Lipinski definition) is 1. The molecule has 1 N–H and O–H groups in total. The average Bonchev–Trinajstić information content (AvgIpc) is 2.72. The molecular weight excluding hydrogens is 406 g/mol. The van der Waals surface area contributed by atoms with E-state index in [1.54, 1.807) is 12.4 Å². The number of nitrogens with one attached hydrogen (secondary N) is 1. The highest BCUT2D eigenvalue weighted by Gasteiger charge is 2.26. The van der Waals surface area contributed by atoms with Gasteiger partial charge in [0.2, 0.25) is 5.91 Å². The van der Waals surface area contributed by atoms with Gasteiger partial charge in [0.05, 0.1) is 17.8 Å². The minimum absolute atomic E-state index is 0.0289. The van der Waals surface area contributed by atoms with Crippen LogP contribution in [0.1, 0.15) is 18.4 Å². The van der Waals surface area contributed by atoms with Gasteiger partial charge in [-0.1, -0.05) is 34.1 Å². The van der Waals surface area contributed by atoms with E-state index in [4.69, 9.17) is 0 Å². The van der Waals surface area contributed by atoms with E-state index in [1.165, 1.54) is 0 Å². The van der Waals surface area contributed by atoms with Crippen molar-refractivity contribution in [2.75, 3.05) is 18.0 Å². The molecule has 1 aliphatic heterocycles. The number of rotatable bonds is 4. The first-order valence-corrected chi connectivity index (χ1v) is 9.83. The Labute approximate surface area is 166 Å². The number of amides is 1. The lowest BCUT2D eigenvalue weighted by atomic mass is 9.96. The summed E-state index contributed by atoms with van der Waals surface area (Å²) in [4.78, 5) is 27.8. The summed E-state index contributed by atoms with van der Waals surface area (Å²) < 4.78 is 1.01. The number of pyridine rings is 1. The molecule has 1 amide bonds. The number of halogens is 1. The van der Waals surface area contributed by atoms with Gasteiger partial charge in [-0.25, -0.2) is 9.97 Å². The molecule has 1 aliphatic rings. The van der Waals surface area contributed by atoms with Crippen molar-refractivity contribution in [3.05, 3.63) is 59.0 Å². The van der Waals surface area contributed by atoms with E-state index in [2.05, 4.69) is 41.1 Å². The number of fused-ring (bicyclic) bond motifs is 1. The van der Waals surface area contributed by atoms with E-state index in [0.29, 0.717) is 18.7 Å². The summed E-state index contributed by atoms with van der Waals surface area (Å²) in [7, 11) is 0. The number of aromatic nitrogens is 3. The molecule has 4 rings (SSSR count). The summed E-state index contributed by atoms with van der Waals surface area (Å²) in [5, 5.41) is 3.08. The van der Waals surface area contributed by atoms with Gasteiger partial charge in [-0.2, -0.15) is 0 Å². The Morgan fingerprint density at radius 1 is 1.22 bits per heavy atom. The highest BCUT2D eigenvalue weighted by Crippen LogP contribution is 2.24. The molecule has 0 unspecified atom stereocenters. The van der Waals surface area contributed by atoms with Crippen LogP contribution in [-0.4, -0.2) is 33.9 Å². The average molecular weight is 426 g/mol. The third-order valence-electron chi connectivity index (χ3n) is 4.88. The number of benzene rings is 1. The topological polar surface area (TPSA) is 71.0 Å². The van der Waals surface area contributed by atoms with Gasteiger partial charge in [0.15, 0.2) is 5.65 Å². The zero-order valence-electron chi connectivity index (χ0n) is 14.8. The summed E-state index contributed by atoms with van der Waals surface area (Å²) in [6.45, 7) is 2.14. The molecule has 3 heterocycles. The van der Waals surface area contributed by atoms with Crippen LogP contribution in [0.3, 0.4) is 0 Å².